The van der Waals surface area contributed by atoms with E-state index >= 15 is 0 Å². The van der Waals surface area contributed by atoms with Crippen molar-refractivity contribution in [3.05, 3.63) is 0 Å². The van der Waals surface area contributed by atoms with Crippen LogP contribution in [-0.4, -0.2) is 19.3 Å². The lowest BCUT2D eigenvalue weighted by molar-refractivity contribution is 0.0833. The number of nitrogens with two attached hydrogens (primary N) is 1. The highest BCUT2D eigenvalue weighted by molar-refractivity contribution is 4.79. The summed E-state index contributed by atoms with van der Waals surface area (Å²) in [6, 6.07) is 0.427. The Bertz CT molecular complexity index is 127. The molecule has 1 aliphatic carbocycles. The third-order valence-electron chi connectivity index (χ3n) is 3.00. The van der Waals surface area contributed by atoms with Gasteiger partial charge in [-0.3, -0.25) is 0 Å². The maximum atomic E-state index is 6.03. The van der Waals surface area contributed by atoms with Gasteiger partial charge in [0.05, 0.1) is 6.10 Å². The van der Waals surface area contributed by atoms with Gasteiger partial charge in [-0.15, -0.1) is 0 Å². The zero-order valence-corrected chi connectivity index (χ0v) is 8.25. The van der Waals surface area contributed by atoms with E-state index in [2.05, 4.69) is 6.92 Å². The minimum atomic E-state index is 0.374. The molecular weight excluding hydrogens is 150 g/mol. The van der Waals surface area contributed by atoms with Gasteiger partial charge in [0.15, 0.2) is 0 Å². The Balaban J connectivity index is 2.28. The van der Waals surface area contributed by atoms with Crippen LogP contribution in [-0.2, 0) is 4.74 Å². The highest BCUT2D eigenvalue weighted by Gasteiger charge is 2.23. The van der Waals surface area contributed by atoms with E-state index < -0.39 is 0 Å². The van der Waals surface area contributed by atoms with Crippen LogP contribution in [0, 0.1) is 5.92 Å². The van der Waals surface area contributed by atoms with Crippen LogP contribution >= 0.6 is 0 Å². The van der Waals surface area contributed by atoms with Crippen molar-refractivity contribution >= 4 is 0 Å². The topological polar surface area (TPSA) is 35.2 Å². The molecule has 0 amide bonds. The molecule has 1 saturated carbocycles. The minimum Gasteiger partial charge on any atom is -0.382 e. The quantitative estimate of drug-likeness (QED) is 0.704. The summed E-state index contributed by atoms with van der Waals surface area (Å²) in [7, 11) is 1.78. The first-order valence-corrected chi connectivity index (χ1v) is 5.02. The molecule has 2 nitrogen and oxygen atoms in total. The second kappa shape index (κ2) is 4.83. The Labute approximate surface area is 75.5 Å². The molecule has 1 aliphatic rings. The maximum absolute atomic E-state index is 6.03. The molecular formula is C10H21NO. The third-order valence-corrected chi connectivity index (χ3v) is 3.00. The van der Waals surface area contributed by atoms with Crippen LogP contribution in [0.15, 0.2) is 0 Å². The van der Waals surface area contributed by atoms with E-state index in [1.807, 2.05) is 0 Å². The number of hydrogen-bond acceptors (Lipinski definition) is 2. The Hall–Kier alpha value is -0.0800. The SMILES string of the molecule is COC(C)CC1CCCCC1N. The van der Waals surface area contributed by atoms with Crippen LogP contribution in [0.5, 0.6) is 0 Å². The van der Waals surface area contributed by atoms with Gasteiger partial charge in [-0.2, -0.15) is 0 Å². The van der Waals surface area contributed by atoms with Gasteiger partial charge in [-0.1, -0.05) is 12.8 Å². The molecule has 3 atom stereocenters. The first kappa shape index (κ1) is 10.0. The summed E-state index contributed by atoms with van der Waals surface area (Å²) in [5.74, 6) is 0.702. The van der Waals surface area contributed by atoms with Crippen LogP contribution in [0.4, 0.5) is 0 Å². The number of methoxy groups -OCH3 is 1. The molecule has 3 unspecified atom stereocenters. The van der Waals surface area contributed by atoms with Crippen LogP contribution in [0.2, 0.25) is 0 Å². The van der Waals surface area contributed by atoms with Crippen molar-refractivity contribution in [2.45, 2.75) is 51.2 Å². The fourth-order valence-electron chi connectivity index (χ4n) is 2.05. The van der Waals surface area contributed by atoms with Crippen LogP contribution in [0.25, 0.3) is 0 Å². The molecule has 0 aromatic heterocycles. The van der Waals surface area contributed by atoms with E-state index in [0.717, 1.165) is 6.42 Å². The second-order valence-electron chi connectivity index (χ2n) is 3.99. The fourth-order valence-corrected chi connectivity index (χ4v) is 2.05. The molecule has 72 valence electrons. The Kier molecular flexibility index (Phi) is 4.02. The van der Waals surface area contributed by atoms with Crippen molar-refractivity contribution in [1.29, 1.82) is 0 Å². The summed E-state index contributed by atoms with van der Waals surface area (Å²) in [5, 5.41) is 0. The van der Waals surface area contributed by atoms with Gasteiger partial charge in [-0.25, -0.2) is 0 Å². The van der Waals surface area contributed by atoms with Gasteiger partial charge in [0.2, 0.25) is 0 Å². The Morgan fingerprint density at radius 1 is 1.42 bits per heavy atom. The van der Waals surface area contributed by atoms with Gasteiger partial charge in [-0.05, 0) is 32.1 Å². The zero-order chi connectivity index (χ0) is 8.97. The molecule has 2 heteroatoms. The van der Waals surface area contributed by atoms with Gasteiger partial charge in [0.25, 0.3) is 0 Å². The zero-order valence-electron chi connectivity index (χ0n) is 8.25. The van der Waals surface area contributed by atoms with Crippen LogP contribution in [0.3, 0.4) is 0 Å². The molecule has 0 aromatic rings. The minimum absolute atomic E-state index is 0.374. The summed E-state index contributed by atoms with van der Waals surface area (Å²) in [6.07, 6.45) is 6.70. The summed E-state index contributed by atoms with van der Waals surface area (Å²) >= 11 is 0. The first-order chi connectivity index (χ1) is 5.74. The van der Waals surface area contributed by atoms with Gasteiger partial charge in [0, 0.05) is 13.2 Å². The fraction of sp³-hybridized carbons (Fsp3) is 1.00. The van der Waals surface area contributed by atoms with E-state index in [1.165, 1.54) is 25.7 Å². The molecule has 0 spiro atoms. The summed E-state index contributed by atoms with van der Waals surface area (Å²) in [5.41, 5.74) is 6.03. The first-order valence-electron chi connectivity index (χ1n) is 5.02. The average Bonchev–Trinajstić information content (AvgIpc) is 2.09. The van der Waals surface area contributed by atoms with Crippen molar-refractivity contribution in [2.75, 3.05) is 7.11 Å². The van der Waals surface area contributed by atoms with E-state index in [4.69, 9.17) is 10.5 Å². The van der Waals surface area contributed by atoms with E-state index in [9.17, 15) is 0 Å². The van der Waals surface area contributed by atoms with Crippen molar-refractivity contribution in [1.82, 2.24) is 0 Å². The van der Waals surface area contributed by atoms with Gasteiger partial charge < -0.3 is 10.5 Å². The average molecular weight is 171 g/mol. The van der Waals surface area contributed by atoms with Gasteiger partial charge >= 0.3 is 0 Å². The monoisotopic (exact) mass is 171 g/mol. The maximum Gasteiger partial charge on any atom is 0.0546 e. The molecule has 1 fully saturated rings. The summed E-state index contributed by atoms with van der Waals surface area (Å²) in [4.78, 5) is 0. The number of rotatable bonds is 3. The lowest BCUT2D eigenvalue weighted by Gasteiger charge is -2.30. The third kappa shape index (κ3) is 2.76. The highest BCUT2D eigenvalue weighted by atomic mass is 16.5. The predicted octanol–water partition coefficient (Wildman–Crippen LogP) is 1.93. The van der Waals surface area contributed by atoms with E-state index in [1.54, 1.807) is 7.11 Å². The molecule has 12 heavy (non-hydrogen) atoms. The summed E-state index contributed by atoms with van der Waals surface area (Å²) in [6.45, 7) is 2.13. The Morgan fingerprint density at radius 2 is 2.08 bits per heavy atom. The largest absolute Gasteiger partial charge is 0.382 e. The molecule has 0 aliphatic heterocycles. The lowest BCUT2D eigenvalue weighted by atomic mass is 9.82. The molecule has 0 bridgehead atoms. The normalized spacial score (nSPS) is 33.2. The van der Waals surface area contributed by atoms with E-state index in [0.29, 0.717) is 18.1 Å². The van der Waals surface area contributed by atoms with Crippen molar-refractivity contribution in [2.24, 2.45) is 11.7 Å². The number of hydrogen-bond donors (Lipinski definition) is 1. The molecule has 0 radical (unpaired) electrons. The predicted molar refractivity (Wildman–Crippen MR) is 51.0 cm³/mol. The van der Waals surface area contributed by atoms with E-state index in [-0.39, 0.29) is 0 Å². The lowest BCUT2D eigenvalue weighted by Crippen LogP contribution is -2.35. The van der Waals surface area contributed by atoms with Crippen LogP contribution < -0.4 is 5.73 Å². The molecule has 1 rings (SSSR count). The van der Waals surface area contributed by atoms with Crippen molar-refractivity contribution < 1.29 is 4.74 Å². The second-order valence-corrected chi connectivity index (χ2v) is 3.99. The van der Waals surface area contributed by atoms with Crippen molar-refractivity contribution in [3.63, 3.8) is 0 Å². The smallest absolute Gasteiger partial charge is 0.0546 e. The standard InChI is InChI=1S/C10H21NO/c1-8(12-2)7-9-5-3-4-6-10(9)11/h8-10H,3-7,11H2,1-2H3. The van der Waals surface area contributed by atoms with Gasteiger partial charge in [0.1, 0.15) is 0 Å². The highest BCUT2D eigenvalue weighted by Crippen LogP contribution is 2.27. The molecule has 0 aromatic carbocycles. The molecule has 0 saturated heterocycles. The Morgan fingerprint density at radius 3 is 2.67 bits per heavy atom. The molecule has 2 N–H and O–H groups in total. The van der Waals surface area contributed by atoms with Crippen molar-refractivity contribution in [3.8, 4) is 0 Å². The molecule has 0 heterocycles. The van der Waals surface area contributed by atoms with Crippen LogP contribution in [0.1, 0.15) is 39.0 Å². The number of ether oxygens (including phenoxy) is 1. The summed E-state index contributed by atoms with van der Waals surface area (Å²) < 4.78 is 5.25.